The standard InChI is InChI=1S/C17H17BrN4O2S/c1-12-3-8-16(23-2)15(11-12)22-17(19-20-21-22)25-10-9-24-14-6-4-13(18)5-7-14/h3-8,11H,9-10H2,1-2H3. The lowest BCUT2D eigenvalue weighted by Crippen LogP contribution is -2.05. The Morgan fingerprint density at radius 1 is 1.16 bits per heavy atom. The van der Waals surface area contributed by atoms with E-state index in [-0.39, 0.29) is 0 Å². The van der Waals surface area contributed by atoms with Gasteiger partial charge in [0.1, 0.15) is 17.2 Å². The summed E-state index contributed by atoms with van der Waals surface area (Å²) in [5.74, 6) is 2.29. The zero-order valence-corrected chi connectivity index (χ0v) is 16.2. The van der Waals surface area contributed by atoms with Crippen molar-refractivity contribution in [3.63, 3.8) is 0 Å². The lowest BCUT2D eigenvalue weighted by Gasteiger charge is -2.10. The van der Waals surface area contributed by atoms with Gasteiger partial charge in [-0.15, -0.1) is 5.10 Å². The van der Waals surface area contributed by atoms with Gasteiger partial charge in [-0.25, -0.2) is 0 Å². The summed E-state index contributed by atoms with van der Waals surface area (Å²) >= 11 is 4.94. The van der Waals surface area contributed by atoms with Crippen LogP contribution in [0.3, 0.4) is 0 Å². The number of nitrogens with zero attached hydrogens (tertiary/aromatic N) is 4. The number of methoxy groups -OCH3 is 1. The Balaban J connectivity index is 1.64. The number of rotatable bonds is 7. The van der Waals surface area contributed by atoms with Gasteiger partial charge in [0.2, 0.25) is 5.16 Å². The number of aryl methyl sites for hydroxylation is 1. The minimum atomic E-state index is 0.560. The van der Waals surface area contributed by atoms with Gasteiger partial charge in [0.05, 0.1) is 13.7 Å². The number of aromatic nitrogens is 4. The molecule has 3 rings (SSSR count). The normalized spacial score (nSPS) is 10.7. The van der Waals surface area contributed by atoms with Gasteiger partial charge in [-0.05, 0) is 59.3 Å². The fourth-order valence-electron chi connectivity index (χ4n) is 2.21. The van der Waals surface area contributed by atoms with Gasteiger partial charge >= 0.3 is 0 Å². The Labute approximate surface area is 158 Å². The molecular formula is C17H17BrN4O2S. The predicted octanol–water partition coefficient (Wildman–Crippen LogP) is 3.91. The van der Waals surface area contributed by atoms with Crippen molar-refractivity contribution in [3.05, 3.63) is 52.5 Å². The molecule has 0 amide bonds. The lowest BCUT2D eigenvalue weighted by atomic mass is 10.2. The number of benzene rings is 2. The topological polar surface area (TPSA) is 62.1 Å². The number of ether oxygens (including phenoxy) is 2. The Kier molecular flexibility index (Phi) is 5.93. The first-order valence-corrected chi connectivity index (χ1v) is 9.40. The molecule has 0 radical (unpaired) electrons. The second-order valence-electron chi connectivity index (χ2n) is 5.20. The molecule has 25 heavy (non-hydrogen) atoms. The summed E-state index contributed by atoms with van der Waals surface area (Å²) in [7, 11) is 1.64. The molecule has 0 spiro atoms. The van der Waals surface area contributed by atoms with Gasteiger partial charge in [-0.2, -0.15) is 4.68 Å². The van der Waals surface area contributed by atoms with Gasteiger partial charge in [-0.1, -0.05) is 33.8 Å². The fourth-order valence-corrected chi connectivity index (χ4v) is 3.17. The minimum absolute atomic E-state index is 0.560. The van der Waals surface area contributed by atoms with E-state index >= 15 is 0 Å². The molecule has 130 valence electrons. The zero-order valence-electron chi connectivity index (χ0n) is 13.8. The van der Waals surface area contributed by atoms with E-state index in [0.717, 1.165) is 33.0 Å². The van der Waals surface area contributed by atoms with Crippen LogP contribution in [0, 0.1) is 6.92 Å². The number of hydrogen-bond acceptors (Lipinski definition) is 6. The van der Waals surface area contributed by atoms with E-state index in [2.05, 4.69) is 31.5 Å². The largest absolute Gasteiger partial charge is 0.494 e. The van der Waals surface area contributed by atoms with Crippen LogP contribution in [0.1, 0.15) is 5.56 Å². The van der Waals surface area contributed by atoms with Crippen LogP contribution in [0.15, 0.2) is 52.1 Å². The van der Waals surface area contributed by atoms with Crippen molar-refractivity contribution in [2.24, 2.45) is 0 Å². The highest BCUT2D eigenvalue weighted by Gasteiger charge is 2.13. The van der Waals surface area contributed by atoms with E-state index in [1.54, 1.807) is 11.8 Å². The summed E-state index contributed by atoms with van der Waals surface area (Å²) in [6, 6.07) is 13.7. The highest BCUT2D eigenvalue weighted by molar-refractivity contribution is 9.10. The molecule has 0 bridgehead atoms. The van der Waals surface area contributed by atoms with Gasteiger partial charge in [0, 0.05) is 10.2 Å². The van der Waals surface area contributed by atoms with E-state index < -0.39 is 0 Å². The van der Waals surface area contributed by atoms with Crippen LogP contribution >= 0.6 is 27.7 Å². The minimum Gasteiger partial charge on any atom is -0.494 e. The molecule has 0 aliphatic rings. The maximum absolute atomic E-state index is 5.72. The molecule has 0 atom stereocenters. The number of hydrogen-bond donors (Lipinski definition) is 0. The summed E-state index contributed by atoms with van der Waals surface area (Å²) in [6.07, 6.45) is 0. The van der Waals surface area contributed by atoms with Crippen LogP contribution in [0.5, 0.6) is 11.5 Å². The smallest absolute Gasteiger partial charge is 0.214 e. The molecule has 0 fully saturated rings. The van der Waals surface area contributed by atoms with Crippen LogP contribution in [-0.4, -0.2) is 39.7 Å². The van der Waals surface area contributed by atoms with Crippen molar-refractivity contribution < 1.29 is 9.47 Å². The molecule has 3 aromatic rings. The molecule has 0 aliphatic heterocycles. The third kappa shape index (κ3) is 4.52. The molecule has 0 N–H and O–H groups in total. The number of halogens is 1. The summed E-state index contributed by atoms with van der Waals surface area (Å²) in [5.41, 5.74) is 1.93. The zero-order chi connectivity index (χ0) is 17.6. The van der Waals surface area contributed by atoms with Crippen molar-refractivity contribution in [2.75, 3.05) is 19.5 Å². The molecule has 1 aromatic heterocycles. The summed E-state index contributed by atoms with van der Waals surface area (Å²) in [5, 5.41) is 12.7. The predicted molar refractivity (Wildman–Crippen MR) is 101 cm³/mol. The molecule has 1 heterocycles. The van der Waals surface area contributed by atoms with Gasteiger partial charge in [0.25, 0.3) is 0 Å². The Bertz CT molecular complexity index is 839. The second-order valence-corrected chi connectivity index (χ2v) is 7.18. The van der Waals surface area contributed by atoms with Crippen LogP contribution in [-0.2, 0) is 0 Å². The van der Waals surface area contributed by atoms with Crippen molar-refractivity contribution >= 4 is 27.7 Å². The maximum atomic E-state index is 5.72. The average molecular weight is 421 g/mol. The van der Waals surface area contributed by atoms with Gasteiger partial charge < -0.3 is 9.47 Å². The molecule has 0 saturated carbocycles. The number of thioether (sulfide) groups is 1. The van der Waals surface area contributed by atoms with Crippen LogP contribution in [0.4, 0.5) is 0 Å². The summed E-state index contributed by atoms with van der Waals surface area (Å²) in [6.45, 7) is 2.58. The van der Waals surface area contributed by atoms with E-state index in [9.17, 15) is 0 Å². The quantitative estimate of drug-likeness (QED) is 0.426. The van der Waals surface area contributed by atoms with Gasteiger partial charge in [0.15, 0.2) is 0 Å². The number of tetrazole rings is 1. The lowest BCUT2D eigenvalue weighted by molar-refractivity contribution is 0.344. The molecule has 0 unspecified atom stereocenters. The van der Waals surface area contributed by atoms with Crippen LogP contribution < -0.4 is 9.47 Å². The van der Waals surface area contributed by atoms with Gasteiger partial charge in [-0.3, -0.25) is 0 Å². The van der Waals surface area contributed by atoms with E-state index in [1.165, 1.54) is 11.8 Å². The Morgan fingerprint density at radius 3 is 2.72 bits per heavy atom. The maximum Gasteiger partial charge on any atom is 0.214 e. The first-order valence-electron chi connectivity index (χ1n) is 7.62. The monoisotopic (exact) mass is 420 g/mol. The van der Waals surface area contributed by atoms with Crippen molar-refractivity contribution in [1.82, 2.24) is 20.2 Å². The highest BCUT2D eigenvalue weighted by atomic mass is 79.9. The fraction of sp³-hybridized carbons (Fsp3) is 0.235. The van der Waals surface area contributed by atoms with E-state index in [0.29, 0.717) is 11.8 Å². The van der Waals surface area contributed by atoms with E-state index in [1.807, 2.05) is 49.4 Å². The summed E-state index contributed by atoms with van der Waals surface area (Å²) in [4.78, 5) is 0. The van der Waals surface area contributed by atoms with E-state index in [4.69, 9.17) is 9.47 Å². The SMILES string of the molecule is COc1ccc(C)cc1-n1nnnc1SCCOc1ccc(Br)cc1. The molecule has 0 aliphatic carbocycles. The van der Waals surface area contributed by atoms with Crippen LogP contribution in [0.2, 0.25) is 0 Å². The third-order valence-corrected chi connectivity index (χ3v) is 4.81. The van der Waals surface area contributed by atoms with Crippen LogP contribution in [0.25, 0.3) is 5.69 Å². The average Bonchev–Trinajstić information content (AvgIpc) is 3.08. The van der Waals surface area contributed by atoms with Crippen molar-refractivity contribution in [1.29, 1.82) is 0 Å². The Hall–Kier alpha value is -2.06. The first kappa shape index (κ1) is 17.8. The molecule has 2 aromatic carbocycles. The summed E-state index contributed by atoms with van der Waals surface area (Å²) < 4.78 is 13.9. The molecule has 8 heteroatoms. The third-order valence-electron chi connectivity index (χ3n) is 3.40. The highest BCUT2D eigenvalue weighted by Crippen LogP contribution is 2.27. The first-order chi connectivity index (χ1) is 12.2. The van der Waals surface area contributed by atoms with Crippen molar-refractivity contribution in [2.45, 2.75) is 12.1 Å². The molecule has 6 nitrogen and oxygen atoms in total. The second kappa shape index (κ2) is 8.35. The molecule has 0 saturated heterocycles. The Morgan fingerprint density at radius 2 is 1.96 bits per heavy atom. The van der Waals surface area contributed by atoms with Crippen molar-refractivity contribution in [3.8, 4) is 17.2 Å². The molecular weight excluding hydrogens is 404 g/mol.